The van der Waals surface area contributed by atoms with Crippen molar-refractivity contribution < 1.29 is 8.60 Å². The minimum Gasteiger partial charge on any atom is -0.312 e. The summed E-state index contributed by atoms with van der Waals surface area (Å²) in [6.45, 7) is 2.03. The third-order valence-electron chi connectivity index (χ3n) is 3.17. The van der Waals surface area contributed by atoms with Crippen LogP contribution >= 0.6 is 0 Å². The zero-order chi connectivity index (χ0) is 14.5. The topological polar surface area (TPSA) is 29.1 Å². The maximum absolute atomic E-state index is 13.2. The Morgan fingerprint density at radius 3 is 2.60 bits per heavy atom. The lowest BCUT2D eigenvalue weighted by Crippen LogP contribution is -2.22. The average molecular weight is 291 g/mol. The van der Waals surface area contributed by atoms with Gasteiger partial charge in [0.05, 0.1) is 10.8 Å². The molecule has 0 heterocycles. The van der Waals surface area contributed by atoms with Gasteiger partial charge in [-0.1, -0.05) is 35.9 Å². The fourth-order valence-electron chi connectivity index (χ4n) is 2.09. The van der Waals surface area contributed by atoms with Gasteiger partial charge in [0, 0.05) is 16.7 Å². The summed E-state index contributed by atoms with van der Waals surface area (Å²) in [4.78, 5) is 0.526. The second-order valence-electron chi connectivity index (χ2n) is 4.72. The standard InChI is InChI=1S/C16H18FNOS/c1-12-5-3-6-13(9-12)16(18-2)11-20(19)15-8-4-7-14(17)10-15/h3-10,16,18H,11H2,1-2H3. The van der Waals surface area contributed by atoms with Gasteiger partial charge in [0.15, 0.2) is 0 Å². The monoisotopic (exact) mass is 291 g/mol. The number of benzene rings is 2. The van der Waals surface area contributed by atoms with Crippen molar-refractivity contribution >= 4 is 10.8 Å². The van der Waals surface area contributed by atoms with Crippen LogP contribution in [0.25, 0.3) is 0 Å². The molecule has 2 atom stereocenters. The molecule has 0 amide bonds. The summed E-state index contributed by atoms with van der Waals surface area (Å²) in [5, 5.41) is 3.17. The number of hydrogen-bond acceptors (Lipinski definition) is 2. The van der Waals surface area contributed by atoms with Crippen LogP contribution in [-0.2, 0) is 10.8 Å². The second-order valence-corrected chi connectivity index (χ2v) is 6.22. The quantitative estimate of drug-likeness (QED) is 0.916. The van der Waals surface area contributed by atoms with Gasteiger partial charge in [-0.25, -0.2) is 4.39 Å². The number of aryl methyl sites for hydroxylation is 1. The van der Waals surface area contributed by atoms with Gasteiger partial charge in [0.25, 0.3) is 0 Å². The Labute approximate surface area is 121 Å². The highest BCUT2D eigenvalue weighted by Gasteiger charge is 2.15. The van der Waals surface area contributed by atoms with Crippen molar-refractivity contribution in [1.82, 2.24) is 5.32 Å². The van der Waals surface area contributed by atoms with Crippen LogP contribution in [0.3, 0.4) is 0 Å². The highest BCUT2D eigenvalue weighted by atomic mass is 32.2. The first-order valence-electron chi connectivity index (χ1n) is 6.48. The van der Waals surface area contributed by atoms with Crippen LogP contribution in [0.1, 0.15) is 17.2 Å². The molecule has 0 aromatic heterocycles. The number of rotatable bonds is 5. The molecule has 0 aliphatic heterocycles. The van der Waals surface area contributed by atoms with Crippen molar-refractivity contribution in [3.63, 3.8) is 0 Å². The van der Waals surface area contributed by atoms with Crippen LogP contribution in [0.4, 0.5) is 4.39 Å². The zero-order valence-electron chi connectivity index (χ0n) is 11.6. The highest BCUT2D eigenvalue weighted by molar-refractivity contribution is 7.85. The Bertz CT molecular complexity index is 615. The average Bonchev–Trinajstić information content (AvgIpc) is 2.44. The summed E-state index contributed by atoms with van der Waals surface area (Å²) in [6, 6.07) is 14.1. The van der Waals surface area contributed by atoms with Gasteiger partial charge in [-0.15, -0.1) is 0 Å². The molecule has 2 aromatic carbocycles. The minimum absolute atomic E-state index is 0.0148. The Morgan fingerprint density at radius 2 is 1.95 bits per heavy atom. The van der Waals surface area contributed by atoms with Crippen LogP contribution in [-0.4, -0.2) is 17.0 Å². The first-order chi connectivity index (χ1) is 9.60. The smallest absolute Gasteiger partial charge is 0.124 e. The lowest BCUT2D eigenvalue weighted by molar-refractivity contribution is 0.619. The molecule has 2 aromatic rings. The predicted octanol–water partition coefficient (Wildman–Crippen LogP) is 3.20. The van der Waals surface area contributed by atoms with Crippen molar-refractivity contribution in [1.29, 1.82) is 0 Å². The van der Waals surface area contributed by atoms with Gasteiger partial charge in [-0.05, 0) is 37.7 Å². The van der Waals surface area contributed by atoms with Crippen molar-refractivity contribution in [3.05, 3.63) is 65.5 Å². The van der Waals surface area contributed by atoms with Crippen molar-refractivity contribution in [2.75, 3.05) is 12.8 Å². The largest absolute Gasteiger partial charge is 0.312 e. The third-order valence-corrected chi connectivity index (χ3v) is 4.59. The van der Waals surface area contributed by atoms with E-state index in [1.165, 1.54) is 17.7 Å². The van der Waals surface area contributed by atoms with E-state index in [4.69, 9.17) is 0 Å². The molecule has 4 heteroatoms. The van der Waals surface area contributed by atoms with E-state index in [0.29, 0.717) is 10.6 Å². The van der Waals surface area contributed by atoms with E-state index in [1.807, 2.05) is 32.2 Å². The molecule has 0 spiro atoms. The Balaban J connectivity index is 2.16. The first kappa shape index (κ1) is 14.9. The minimum atomic E-state index is -1.23. The summed E-state index contributed by atoms with van der Waals surface area (Å²) < 4.78 is 25.5. The lowest BCUT2D eigenvalue weighted by atomic mass is 10.1. The van der Waals surface area contributed by atoms with Crippen LogP contribution in [0, 0.1) is 12.7 Å². The molecular formula is C16H18FNOS. The summed E-state index contributed by atoms with van der Waals surface area (Å²) >= 11 is 0. The first-order valence-corrected chi connectivity index (χ1v) is 7.80. The van der Waals surface area contributed by atoms with E-state index in [2.05, 4.69) is 11.4 Å². The van der Waals surface area contributed by atoms with E-state index < -0.39 is 10.8 Å². The van der Waals surface area contributed by atoms with Crippen LogP contribution in [0.2, 0.25) is 0 Å². The molecule has 0 radical (unpaired) electrons. The molecule has 20 heavy (non-hydrogen) atoms. The Kier molecular flexibility index (Phi) is 5.04. The molecule has 0 bridgehead atoms. The lowest BCUT2D eigenvalue weighted by Gasteiger charge is -2.17. The molecule has 2 nitrogen and oxygen atoms in total. The Hall–Kier alpha value is -1.52. The van der Waals surface area contributed by atoms with E-state index in [1.54, 1.807) is 12.1 Å². The highest BCUT2D eigenvalue weighted by Crippen LogP contribution is 2.18. The second kappa shape index (κ2) is 6.77. The fraction of sp³-hybridized carbons (Fsp3) is 0.250. The van der Waals surface area contributed by atoms with E-state index in [0.717, 1.165) is 5.56 Å². The third kappa shape index (κ3) is 3.74. The zero-order valence-corrected chi connectivity index (χ0v) is 12.4. The van der Waals surface area contributed by atoms with Crippen molar-refractivity contribution in [3.8, 4) is 0 Å². The maximum atomic E-state index is 13.2. The molecule has 0 aliphatic rings. The van der Waals surface area contributed by atoms with Crippen LogP contribution in [0.15, 0.2) is 53.4 Å². The van der Waals surface area contributed by atoms with Crippen molar-refractivity contribution in [2.45, 2.75) is 17.9 Å². The van der Waals surface area contributed by atoms with Gasteiger partial charge in [0.1, 0.15) is 5.82 Å². The predicted molar refractivity (Wildman–Crippen MR) is 80.7 cm³/mol. The number of nitrogens with one attached hydrogen (secondary N) is 1. The summed E-state index contributed by atoms with van der Waals surface area (Å²) in [7, 11) is 0.610. The van der Waals surface area contributed by atoms with Crippen LogP contribution in [0.5, 0.6) is 0 Å². The summed E-state index contributed by atoms with van der Waals surface area (Å²) in [5.41, 5.74) is 2.26. The molecule has 0 fully saturated rings. The maximum Gasteiger partial charge on any atom is 0.124 e. The van der Waals surface area contributed by atoms with Gasteiger partial charge in [-0.3, -0.25) is 4.21 Å². The number of halogens is 1. The van der Waals surface area contributed by atoms with E-state index in [-0.39, 0.29) is 11.9 Å². The molecule has 2 rings (SSSR count). The molecule has 0 saturated carbocycles. The SMILES string of the molecule is CNC(CS(=O)c1cccc(F)c1)c1cccc(C)c1. The summed E-state index contributed by atoms with van der Waals surface area (Å²) in [6.07, 6.45) is 0. The normalized spacial score (nSPS) is 13.9. The van der Waals surface area contributed by atoms with E-state index >= 15 is 0 Å². The molecular weight excluding hydrogens is 273 g/mol. The molecule has 0 aliphatic carbocycles. The van der Waals surface area contributed by atoms with E-state index in [9.17, 15) is 8.60 Å². The van der Waals surface area contributed by atoms with Crippen molar-refractivity contribution in [2.24, 2.45) is 0 Å². The molecule has 2 unspecified atom stereocenters. The molecule has 106 valence electrons. The molecule has 1 N–H and O–H groups in total. The summed E-state index contributed by atoms with van der Waals surface area (Å²) in [5.74, 6) is 0.0658. The molecule has 0 saturated heterocycles. The van der Waals surface area contributed by atoms with Gasteiger partial charge in [0.2, 0.25) is 0 Å². The van der Waals surface area contributed by atoms with Gasteiger partial charge in [-0.2, -0.15) is 0 Å². The van der Waals surface area contributed by atoms with Gasteiger partial charge >= 0.3 is 0 Å². The Morgan fingerprint density at radius 1 is 1.20 bits per heavy atom. The number of hydrogen-bond donors (Lipinski definition) is 1. The van der Waals surface area contributed by atoms with Crippen LogP contribution < -0.4 is 5.32 Å². The van der Waals surface area contributed by atoms with Gasteiger partial charge < -0.3 is 5.32 Å². The fourth-order valence-corrected chi connectivity index (χ4v) is 3.42.